The molecule has 1 aliphatic heterocycles. The minimum Gasteiger partial charge on any atom is -0.481 e. The Kier molecular flexibility index (Phi) is 11.0. The minimum atomic E-state index is -0.934. The number of rotatable bonds is 8. The zero-order valence-electron chi connectivity index (χ0n) is 18.3. The molecule has 0 bridgehead atoms. The summed E-state index contributed by atoms with van der Waals surface area (Å²) in [6, 6.07) is 3.80. The smallest absolute Gasteiger partial charge is 0.305 e. The molecule has 2 aromatic rings. The largest absolute Gasteiger partial charge is 0.481 e. The van der Waals surface area contributed by atoms with Crippen LogP contribution in [0.4, 0.5) is 5.69 Å². The number of aryl methyl sites for hydroxylation is 2. The zero-order chi connectivity index (χ0) is 21.0. The molecule has 3 rings (SSSR count). The number of carboxylic acid groups (broad SMARTS) is 1. The fourth-order valence-electron chi connectivity index (χ4n) is 3.93. The first-order valence-electron chi connectivity index (χ1n) is 10.2. The van der Waals surface area contributed by atoms with Crippen LogP contribution in [0.1, 0.15) is 41.9 Å². The minimum absolute atomic E-state index is 0. The van der Waals surface area contributed by atoms with E-state index < -0.39 is 5.97 Å². The number of carboxylic acids is 1. The van der Waals surface area contributed by atoms with Crippen LogP contribution in [0.2, 0.25) is 0 Å². The third-order valence-electron chi connectivity index (χ3n) is 5.68. The van der Waals surface area contributed by atoms with E-state index in [0.717, 1.165) is 54.4 Å². The highest BCUT2D eigenvalue weighted by Gasteiger charge is 2.19. The van der Waals surface area contributed by atoms with Crippen LogP contribution < -0.4 is 15.5 Å². The van der Waals surface area contributed by atoms with Crippen molar-refractivity contribution in [3.05, 3.63) is 23.5 Å². The molecule has 10 heteroatoms. The molecule has 0 aliphatic carbocycles. The van der Waals surface area contributed by atoms with Gasteiger partial charge in [0.25, 0.3) is 5.91 Å². The number of hydrogen-bond donors (Lipinski definition) is 3. The van der Waals surface area contributed by atoms with Crippen LogP contribution in [0.15, 0.2) is 12.1 Å². The lowest BCUT2D eigenvalue weighted by Gasteiger charge is -2.22. The number of aromatic nitrogens is 2. The number of benzene rings is 1. The van der Waals surface area contributed by atoms with Gasteiger partial charge in [0.05, 0.1) is 28.7 Å². The maximum atomic E-state index is 12.6. The van der Waals surface area contributed by atoms with Gasteiger partial charge in [-0.25, -0.2) is 4.98 Å². The molecule has 0 atom stereocenters. The van der Waals surface area contributed by atoms with Crippen molar-refractivity contribution in [2.45, 2.75) is 32.1 Å². The summed E-state index contributed by atoms with van der Waals surface area (Å²) in [5.74, 6) is 0.561. The average molecular weight is 563 g/mol. The molecule has 1 aliphatic rings. The van der Waals surface area contributed by atoms with E-state index in [4.69, 9.17) is 10.1 Å². The van der Waals surface area contributed by atoms with Gasteiger partial charge >= 0.3 is 5.97 Å². The van der Waals surface area contributed by atoms with Gasteiger partial charge in [-0.2, -0.15) is 0 Å². The maximum absolute atomic E-state index is 12.6. The van der Waals surface area contributed by atoms with E-state index >= 15 is 0 Å². The van der Waals surface area contributed by atoms with Crippen molar-refractivity contribution in [2.75, 3.05) is 38.6 Å². The Balaban J connectivity index is 0.00000240. The number of hydrogen-bond acceptors (Lipinski definition) is 5. The number of anilines is 1. The molecule has 1 saturated heterocycles. The van der Waals surface area contributed by atoms with Gasteiger partial charge in [-0.1, -0.05) is 0 Å². The molecule has 1 aromatic carbocycles. The topological polar surface area (TPSA) is 99.5 Å². The molecule has 174 valence electrons. The Hall–Kier alpha value is -1.65. The molecule has 8 nitrogen and oxygen atoms in total. The van der Waals surface area contributed by atoms with Crippen molar-refractivity contribution < 1.29 is 14.7 Å². The highest BCUT2D eigenvalue weighted by atomic mass is 79.9. The Morgan fingerprint density at radius 3 is 2.55 bits per heavy atom. The molecule has 0 radical (unpaired) electrons. The number of amides is 1. The number of imidazole rings is 1. The summed E-state index contributed by atoms with van der Waals surface area (Å²) in [6.45, 7) is 2.29. The first-order chi connectivity index (χ1) is 13.9. The highest BCUT2D eigenvalue weighted by molar-refractivity contribution is 8.93. The molecular weight excluding hydrogens is 530 g/mol. The van der Waals surface area contributed by atoms with Gasteiger partial charge in [-0.3, -0.25) is 9.59 Å². The first kappa shape index (κ1) is 27.4. The summed E-state index contributed by atoms with van der Waals surface area (Å²) < 4.78 is 2.12. The van der Waals surface area contributed by atoms with E-state index in [1.54, 1.807) is 0 Å². The predicted molar refractivity (Wildman–Crippen MR) is 134 cm³/mol. The van der Waals surface area contributed by atoms with Gasteiger partial charge in [0.1, 0.15) is 5.82 Å². The normalized spacial score (nSPS) is 13.9. The van der Waals surface area contributed by atoms with Gasteiger partial charge < -0.3 is 25.2 Å². The van der Waals surface area contributed by atoms with Gasteiger partial charge in [0.2, 0.25) is 0 Å². The Morgan fingerprint density at radius 2 is 1.94 bits per heavy atom. The van der Waals surface area contributed by atoms with Crippen LogP contribution in [0.25, 0.3) is 11.0 Å². The van der Waals surface area contributed by atoms with E-state index in [2.05, 4.69) is 15.2 Å². The Morgan fingerprint density at radius 1 is 1.26 bits per heavy atom. The molecule has 1 amide bonds. The molecule has 0 saturated carbocycles. The predicted octanol–water partition coefficient (Wildman–Crippen LogP) is 2.93. The second-order valence-electron chi connectivity index (χ2n) is 7.97. The van der Waals surface area contributed by atoms with Crippen LogP contribution in [-0.4, -0.2) is 60.3 Å². The second kappa shape index (κ2) is 12.4. The van der Waals surface area contributed by atoms with E-state index in [1.807, 2.05) is 38.2 Å². The van der Waals surface area contributed by atoms with E-state index in [1.165, 1.54) is 12.8 Å². The maximum Gasteiger partial charge on any atom is 0.305 e. The molecule has 31 heavy (non-hydrogen) atoms. The number of nitrogens with zero attached hydrogens (tertiary/aromatic N) is 3. The standard InChI is InChI=1S/C21H31N5O3.2BrH/c1-25(2)17-13-18-16(12-15(17)21(29)23-11-8-20(27)28)24-19(26(18)3)5-4-14-6-9-22-10-7-14;;/h12-14,22H,4-11H2,1-3H3,(H,23,29)(H,27,28);2*1H. The van der Waals surface area contributed by atoms with Crippen LogP contribution in [0.5, 0.6) is 0 Å². The average Bonchev–Trinajstić information content (AvgIpc) is 3.00. The molecular formula is C21H33Br2N5O3. The number of piperidine rings is 1. The van der Waals surface area contributed by atoms with Crippen molar-refractivity contribution in [2.24, 2.45) is 13.0 Å². The lowest BCUT2D eigenvalue weighted by molar-refractivity contribution is -0.136. The molecule has 2 heterocycles. The summed E-state index contributed by atoms with van der Waals surface area (Å²) in [5.41, 5.74) is 3.09. The van der Waals surface area contributed by atoms with Crippen molar-refractivity contribution in [1.82, 2.24) is 20.2 Å². The van der Waals surface area contributed by atoms with Crippen molar-refractivity contribution >= 4 is 62.6 Å². The summed E-state index contributed by atoms with van der Waals surface area (Å²) in [7, 11) is 5.81. The Labute approximate surface area is 204 Å². The third-order valence-corrected chi connectivity index (χ3v) is 5.68. The van der Waals surface area contributed by atoms with Gasteiger partial charge in [-0.15, -0.1) is 34.0 Å². The number of carbonyl (C=O) groups is 2. The number of carbonyl (C=O) groups excluding carboxylic acids is 1. The fourth-order valence-corrected chi connectivity index (χ4v) is 3.93. The molecule has 3 N–H and O–H groups in total. The van der Waals surface area contributed by atoms with E-state index in [9.17, 15) is 9.59 Å². The van der Waals surface area contributed by atoms with Crippen molar-refractivity contribution in [3.63, 3.8) is 0 Å². The first-order valence-corrected chi connectivity index (χ1v) is 10.2. The van der Waals surface area contributed by atoms with E-state index in [0.29, 0.717) is 5.56 Å². The summed E-state index contributed by atoms with van der Waals surface area (Å²) in [4.78, 5) is 30.1. The van der Waals surface area contributed by atoms with Gasteiger partial charge in [0.15, 0.2) is 0 Å². The van der Waals surface area contributed by atoms with Crippen LogP contribution >= 0.6 is 34.0 Å². The second-order valence-corrected chi connectivity index (χ2v) is 7.97. The molecule has 0 spiro atoms. The summed E-state index contributed by atoms with van der Waals surface area (Å²) in [6.07, 6.45) is 4.38. The lowest BCUT2D eigenvalue weighted by Crippen LogP contribution is -2.28. The van der Waals surface area contributed by atoms with Crippen LogP contribution in [0.3, 0.4) is 0 Å². The quantitative estimate of drug-likeness (QED) is 0.457. The fraction of sp³-hybridized carbons (Fsp3) is 0.571. The summed E-state index contributed by atoms with van der Waals surface area (Å²) >= 11 is 0. The Bertz CT molecular complexity index is 895. The van der Waals surface area contributed by atoms with Crippen molar-refractivity contribution in [1.29, 1.82) is 0 Å². The zero-order valence-corrected chi connectivity index (χ0v) is 21.7. The van der Waals surface area contributed by atoms with Gasteiger partial charge in [-0.05, 0) is 50.4 Å². The monoisotopic (exact) mass is 561 g/mol. The number of aliphatic carboxylic acids is 1. The summed E-state index contributed by atoms with van der Waals surface area (Å²) in [5, 5.41) is 14.9. The SMILES string of the molecule is Br.Br.CN(C)c1cc2c(cc1C(=O)NCCC(=O)O)nc(CCC1CCNCC1)n2C. The third kappa shape index (κ3) is 6.92. The number of halogens is 2. The van der Waals surface area contributed by atoms with Crippen molar-refractivity contribution in [3.8, 4) is 0 Å². The molecule has 1 aromatic heterocycles. The number of nitrogens with one attached hydrogen (secondary N) is 2. The van der Waals surface area contributed by atoms with Crippen LogP contribution in [-0.2, 0) is 18.3 Å². The lowest BCUT2D eigenvalue weighted by atomic mass is 9.93. The van der Waals surface area contributed by atoms with E-state index in [-0.39, 0.29) is 52.8 Å². The van der Waals surface area contributed by atoms with Crippen LogP contribution in [0, 0.1) is 5.92 Å². The molecule has 1 fully saturated rings. The van der Waals surface area contributed by atoms with Gasteiger partial charge in [0, 0.05) is 34.1 Å². The molecule has 0 unspecified atom stereocenters. The number of fused-ring (bicyclic) bond motifs is 1. The highest BCUT2D eigenvalue weighted by Crippen LogP contribution is 2.27.